The number of halogens is 2. The maximum absolute atomic E-state index is 12.7. The van der Waals surface area contributed by atoms with Gasteiger partial charge in [0.25, 0.3) is 11.8 Å². The third kappa shape index (κ3) is 2.37. The Kier molecular flexibility index (Phi) is 3.82. The highest BCUT2D eigenvalue weighted by atomic mass is 35.5. The average Bonchev–Trinajstić information content (AvgIpc) is 2.71. The van der Waals surface area contributed by atoms with E-state index in [0.717, 1.165) is 18.4 Å². The summed E-state index contributed by atoms with van der Waals surface area (Å²) in [6.45, 7) is 3.70. The lowest BCUT2D eigenvalue weighted by Gasteiger charge is -2.35. The summed E-state index contributed by atoms with van der Waals surface area (Å²) in [5, 5.41) is 0.986. The van der Waals surface area contributed by atoms with Gasteiger partial charge in [-0.25, -0.2) is 0 Å². The molecule has 0 saturated carbocycles. The topological polar surface area (TPSA) is 37.4 Å². The summed E-state index contributed by atoms with van der Waals surface area (Å²) in [5.41, 5.74) is 1.35. The Balaban J connectivity index is 2.03. The van der Waals surface area contributed by atoms with E-state index in [1.807, 2.05) is 13.8 Å². The summed E-state index contributed by atoms with van der Waals surface area (Å²) in [5.74, 6) is -0.332. The number of rotatable bonds is 2. The van der Waals surface area contributed by atoms with Crippen LogP contribution in [0.2, 0.25) is 10.0 Å². The van der Waals surface area contributed by atoms with Gasteiger partial charge in [-0.05, 0) is 63.3 Å². The normalized spacial score (nSPS) is 19.0. The Labute approximate surface area is 139 Å². The first-order chi connectivity index (χ1) is 10.3. The molecule has 0 unspecified atom stereocenters. The molecule has 0 bridgehead atoms. The van der Waals surface area contributed by atoms with Crippen molar-refractivity contribution in [2.24, 2.45) is 0 Å². The molecular formula is C17H17Cl2NO2. The van der Waals surface area contributed by atoms with Crippen molar-refractivity contribution in [3.05, 3.63) is 45.0 Å². The number of nitrogens with zero attached hydrogens (tertiary/aromatic N) is 1. The first-order valence-electron chi connectivity index (χ1n) is 7.40. The molecule has 3 rings (SSSR count). The van der Waals surface area contributed by atoms with Gasteiger partial charge in [0.2, 0.25) is 0 Å². The smallest absolute Gasteiger partial charge is 0.257 e. The van der Waals surface area contributed by atoms with Crippen molar-refractivity contribution in [3.63, 3.8) is 0 Å². The molecule has 0 aromatic heterocycles. The molecule has 2 amide bonds. The number of hydrogen-bond donors (Lipinski definition) is 0. The Morgan fingerprint density at radius 1 is 0.909 bits per heavy atom. The summed E-state index contributed by atoms with van der Waals surface area (Å²) in [6.07, 6.45) is 3.33. The molecule has 1 aromatic carbocycles. The molecule has 1 aliphatic heterocycles. The zero-order chi connectivity index (χ0) is 16.1. The zero-order valence-corrected chi connectivity index (χ0v) is 14.1. The van der Waals surface area contributed by atoms with Crippen LogP contribution in [-0.4, -0.2) is 16.7 Å². The number of carbonyl (C=O) groups excluding carboxylic acids is 2. The van der Waals surface area contributed by atoms with Crippen molar-refractivity contribution < 1.29 is 9.59 Å². The molecule has 0 N–H and O–H groups in total. The van der Waals surface area contributed by atoms with E-state index in [0.29, 0.717) is 34.0 Å². The number of benzene rings is 1. The highest BCUT2D eigenvalue weighted by molar-refractivity contribution is 6.34. The zero-order valence-electron chi connectivity index (χ0n) is 12.6. The van der Waals surface area contributed by atoms with Crippen LogP contribution in [0.15, 0.2) is 29.3 Å². The first-order valence-corrected chi connectivity index (χ1v) is 8.15. The Bertz CT molecular complexity index is 658. The molecule has 0 fully saturated rings. The molecule has 0 saturated heterocycles. The van der Waals surface area contributed by atoms with Gasteiger partial charge < -0.3 is 0 Å². The fourth-order valence-electron chi connectivity index (χ4n) is 3.28. The van der Waals surface area contributed by atoms with Crippen LogP contribution in [0, 0.1) is 0 Å². The molecule has 5 heteroatoms. The predicted molar refractivity (Wildman–Crippen MR) is 86.8 cm³/mol. The van der Waals surface area contributed by atoms with Gasteiger partial charge in [-0.2, -0.15) is 0 Å². The fourth-order valence-corrected chi connectivity index (χ4v) is 3.81. The van der Waals surface area contributed by atoms with E-state index in [2.05, 4.69) is 0 Å². The molecule has 1 aliphatic carbocycles. The van der Waals surface area contributed by atoms with Crippen LogP contribution in [0.25, 0.3) is 0 Å². The van der Waals surface area contributed by atoms with Gasteiger partial charge >= 0.3 is 0 Å². The van der Waals surface area contributed by atoms with Gasteiger partial charge in [-0.15, -0.1) is 0 Å². The maximum atomic E-state index is 12.7. The Morgan fingerprint density at radius 2 is 1.36 bits per heavy atom. The van der Waals surface area contributed by atoms with Gasteiger partial charge in [0.1, 0.15) is 0 Å². The van der Waals surface area contributed by atoms with Crippen LogP contribution in [0.4, 0.5) is 0 Å². The quantitative estimate of drug-likeness (QED) is 0.746. The van der Waals surface area contributed by atoms with Gasteiger partial charge in [0.15, 0.2) is 0 Å². The highest BCUT2D eigenvalue weighted by Crippen LogP contribution is 2.40. The summed E-state index contributed by atoms with van der Waals surface area (Å²) < 4.78 is 0. The summed E-state index contributed by atoms with van der Waals surface area (Å²) in [7, 11) is 0. The second-order valence-corrected chi connectivity index (χ2v) is 7.20. The number of imide groups is 1. The van der Waals surface area contributed by atoms with Crippen molar-refractivity contribution in [2.45, 2.75) is 45.1 Å². The van der Waals surface area contributed by atoms with Crippen LogP contribution in [-0.2, 0) is 15.1 Å². The predicted octanol–water partition coefficient (Wildman–Crippen LogP) is 4.47. The minimum atomic E-state index is -0.792. The number of carbonyl (C=O) groups is 2. The number of hydrogen-bond acceptors (Lipinski definition) is 2. The van der Waals surface area contributed by atoms with Crippen LogP contribution in [0.5, 0.6) is 0 Å². The van der Waals surface area contributed by atoms with Gasteiger partial charge in [-0.3, -0.25) is 14.5 Å². The summed E-state index contributed by atoms with van der Waals surface area (Å²) in [6, 6.07) is 5.15. The highest BCUT2D eigenvalue weighted by Gasteiger charge is 2.46. The van der Waals surface area contributed by atoms with Crippen LogP contribution >= 0.6 is 23.2 Å². The van der Waals surface area contributed by atoms with E-state index in [4.69, 9.17) is 23.2 Å². The van der Waals surface area contributed by atoms with Crippen LogP contribution in [0.3, 0.4) is 0 Å². The van der Waals surface area contributed by atoms with Crippen LogP contribution in [0.1, 0.15) is 45.1 Å². The Hall–Kier alpha value is -1.32. The molecule has 1 heterocycles. The molecular weight excluding hydrogens is 321 g/mol. The average molecular weight is 338 g/mol. The van der Waals surface area contributed by atoms with Gasteiger partial charge in [0.05, 0.1) is 5.54 Å². The van der Waals surface area contributed by atoms with E-state index in [9.17, 15) is 9.59 Å². The minimum absolute atomic E-state index is 0.166. The third-order valence-corrected chi connectivity index (χ3v) is 4.95. The summed E-state index contributed by atoms with van der Waals surface area (Å²) >= 11 is 12.1. The minimum Gasteiger partial charge on any atom is -0.269 e. The lowest BCUT2D eigenvalue weighted by molar-refractivity contribution is -0.144. The van der Waals surface area contributed by atoms with Crippen LogP contribution < -0.4 is 0 Å². The molecule has 116 valence electrons. The number of amides is 2. The van der Waals surface area contributed by atoms with Gasteiger partial charge in [0, 0.05) is 21.2 Å². The lowest BCUT2D eigenvalue weighted by Crippen LogP contribution is -2.46. The SMILES string of the molecule is CC(C)(c1cc(Cl)cc(Cl)c1)N1C(=O)C2=C(CCCC2)C1=O. The lowest BCUT2D eigenvalue weighted by atomic mass is 9.92. The van der Waals surface area contributed by atoms with Crippen molar-refractivity contribution >= 4 is 35.0 Å². The van der Waals surface area contributed by atoms with E-state index in [1.54, 1.807) is 18.2 Å². The molecule has 0 spiro atoms. The third-order valence-electron chi connectivity index (χ3n) is 4.52. The molecule has 1 aromatic rings. The molecule has 3 nitrogen and oxygen atoms in total. The Morgan fingerprint density at radius 3 is 1.82 bits per heavy atom. The second kappa shape index (κ2) is 5.39. The first kappa shape index (κ1) is 15.6. The standard InChI is InChI=1S/C17H17Cl2NO2/c1-17(2,10-7-11(18)9-12(19)8-10)20-15(21)13-5-3-4-6-14(13)16(20)22/h7-9H,3-6H2,1-2H3. The van der Waals surface area contributed by atoms with Crippen molar-refractivity contribution in [2.75, 3.05) is 0 Å². The van der Waals surface area contributed by atoms with Crippen molar-refractivity contribution in [1.29, 1.82) is 0 Å². The van der Waals surface area contributed by atoms with Gasteiger partial charge in [-0.1, -0.05) is 23.2 Å². The largest absolute Gasteiger partial charge is 0.269 e. The maximum Gasteiger partial charge on any atom is 0.257 e. The van der Waals surface area contributed by atoms with Crippen molar-refractivity contribution in [1.82, 2.24) is 4.90 Å². The monoisotopic (exact) mass is 337 g/mol. The summed E-state index contributed by atoms with van der Waals surface area (Å²) in [4.78, 5) is 26.8. The molecule has 0 atom stereocenters. The van der Waals surface area contributed by atoms with E-state index >= 15 is 0 Å². The molecule has 2 aliphatic rings. The fraction of sp³-hybridized carbons (Fsp3) is 0.412. The van der Waals surface area contributed by atoms with Crippen molar-refractivity contribution in [3.8, 4) is 0 Å². The molecule has 0 radical (unpaired) electrons. The van der Waals surface area contributed by atoms with E-state index in [-0.39, 0.29) is 11.8 Å². The second-order valence-electron chi connectivity index (χ2n) is 6.33. The van der Waals surface area contributed by atoms with E-state index < -0.39 is 5.54 Å². The van der Waals surface area contributed by atoms with E-state index in [1.165, 1.54) is 4.90 Å². The molecule has 22 heavy (non-hydrogen) atoms.